The molecular formula is C12H18F3N3. The van der Waals surface area contributed by atoms with Crippen LogP contribution in [-0.2, 0) is 0 Å². The average Bonchev–Trinajstić information content (AvgIpc) is 2.31. The van der Waals surface area contributed by atoms with Crippen LogP contribution in [0.15, 0.2) is 18.3 Å². The fourth-order valence-corrected chi connectivity index (χ4v) is 1.41. The van der Waals surface area contributed by atoms with Crippen LogP contribution in [0.4, 0.5) is 24.7 Å². The molecule has 3 nitrogen and oxygen atoms in total. The minimum Gasteiger partial charge on any atom is -0.385 e. The maximum Gasteiger partial charge on any atom is 0.389 e. The lowest BCUT2D eigenvalue weighted by molar-refractivity contribution is -0.134. The van der Waals surface area contributed by atoms with Crippen molar-refractivity contribution in [2.75, 3.05) is 23.7 Å². The van der Waals surface area contributed by atoms with Gasteiger partial charge >= 0.3 is 6.18 Å². The highest BCUT2D eigenvalue weighted by molar-refractivity contribution is 5.51. The third-order valence-corrected chi connectivity index (χ3v) is 2.28. The summed E-state index contributed by atoms with van der Waals surface area (Å²) in [5.74, 6) is 0.734. The molecule has 1 rings (SSSR count). The standard InChI is InChI=1S/C12H18F3N3/c1-2-6-17-11-9-10(4-8-18-11)16-7-3-5-12(13,14)15/h4,8-9H,2-3,5-7H2,1H3,(H2,16,17,18). The monoisotopic (exact) mass is 261 g/mol. The minimum atomic E-state index is -4.08. The Morgan fingerprint density at radius 2 is 2.00 bits per heavy atom. The zero-order valence-electron chi connectivity index (χ0n) is 10.3. The van der Waals surface area contributed by atoms with E-state index in [1.807, 2.05) is 6.92 Å². The van der Waals surface area contributed by atoms with Gasteiger partial charge in [0.1, 0.15) is 5.82 Å². The van der Waals surface area contributed by atoms with Crippen molar-refractivity contribution >= 4 is 11.5 Å². The van der Waals surface area contributed by atoms with Gasteiger partial charge in [-0.15, -0.1) is 0 Å². The molecule has 0 spiro atoms. The number of alkyl halides is 3. The lowest BCUT2D eigenvalue weighted by Gasteiger charge is -2.10. The maximum atomic E-state index is 11.9. The molecule has 0 saturated carbocycles. The molecule has 1 aromatic rings. The molecule has 6 heteroatoms. The fourth-order valence-electron chi connectivity index (χ4n) is 1.41. The molecule has 0 bridgehead atoms. The van der Waals surface area contributed by atoms with Crippen molar-refractivity contribution in [1.82, 2.24) is 4.98 Å². The van der Waals surface area contributed by atoms with Crippen molar-refractivity contribution in [3.05, 3.63) is 18.3 Å². The van der Waals surface area contributed by atoms with Crippen molar-refractivity contribution in [1.29, 1.82) is 0 Å². The van der Waals surface area contributed by atoms with Gasteiger partial charge in [-0.05, 0) is 18.9 Å². The first kappa shape index (κ1) is 14.6. The van der Waals surface area contributed by atoms with Crippen LogP contribution in [0, 0.1) is 0 Å². The van der Waals surface area contributed by atoms with E-state index in [0.717, 1.165) is 24.5 Å². The molecule has 0 saturated heterocycles. The predicted molar refractivity (Wildman–Crippen MR) is 66.8 cm³/mol. The molecule has 18 heavy (non-hydrogen) atoms. The van der Waals surface area contributed by atoms with Crippen LogP contribution in [0.25, 0.3) is 0 Å². The van der Waals surface area contributed by atoms with Crippen molar-refractivity contribution in [3.63, 3.8) is 0 Å². The fraction of sp³-hybridized carbons (Fsp3) is 0.583. The summed E-state index contributed by atoms with van der Waals surface area (Å²) >= 11 is 0. The Kier molecular flexibility index (Phi) is 5.74. The molecular weight excluding hydrogens is 243 g/mol. The number of anilines is 2. The molecule has 0 unspecified atom stereocenters. The molecule has 0 aliphatic carbocycles. The maximum absolute atomic E-state index is 11.9. The van der Waals surface area contributed by atoms with Gasteiger partial charge in [0.15, 0.2) is 0 Å². The largest absolute Gasteiger partial charge is 0.389 e. The number of hydrogen-bond acceptors (Lipinski definition) is 3. The highest BCUT2D eigenvalue weighted by Gasteiger charge is 2.25. The Hall–Kier alpha value is -1.46. The van der Waals surface area contributed by atoms with Crippen molar-refractivity contribution in [2.24, 2.45) is 0 Å². The van der Waals surface area contributed by atoms with Gasteiger partial charge < -0.3 is 10.6 Å². The molecule has 0 aliphatic heterocycles. The van der Waals surface area contributed by atoms with E-state index in [9.17, 15) is 13.2 Å². The van der Waals surface area contributed by atoms with E-state index in [0.29, 0.717) is 6.54 Å². The van der Waals surface area contributed by atoms with Gasteiger partial charge in [-0.1, -0.05) is 6.92 Å². The van der Waals surface area contributed by atoms with Gasteiger partial charge in [0.2, 0.25) is 0 Å². The smallest absolute Gasteiger partial charge is 0.385 e. The molecule has 0 atom stereocenters. The van der Waals surface area contributed by atoms with E-state index in [2.05, 4.69) is 15.6 Å². The number of nitrogens with one attached hydrogen (secondary N) is 2. The molecule has 0 aliphatic rings. The number of rotatable bonds is 7. The van der Waals surface area contributed by atoms with E-state index in [4.69, 9.17) is 0 Å². The summed E-state index contributed by atoms with van der Waals surface area (Å²) < 4.78 is 35.8. The topological polar surface area (TPSA) is 37.0 Å². The molecule has 2 N–H and O–H groups in total. The number of pyridine rings is 1. The molecule has 102 valence electrons. The number of hydrogen-bond donors (Lipinski definition) is 2. The lowest BCUT2D eigenvalue weighted by Crippen LogP contribution is -2.11. The normalized spacial score (nSPS) is 11.3. The van der Waals surface area contributed by atoms with E-state index < -0.39 is 12.6 Å². The molecule has 0 fully saturated rings. The van der Waals surface area contributed by atoms with Gasteiger partial charge in [-0.25, -0.2) is 4.98 Å². The van der Waals surface area contributed by atoms with Crippen LogP contribution in [0.3, 0.4) is 0 Å². The van der Waals surface area contributed by atoms with Gasteiger partial charge in [0.05, 0.1) is 0 Å². The molecule has 0 radical (unpaired) electrons. The summed E-state index contributed by atoms with van der Waals surface area (Å²) in [5.41, 5.74) is 0.783. The first-order valence-corrected chi connectivity index (χ1v) is 6.02. The summed E-state index contributed by atoms with van der Waals surface area (Å²) in [6.07, 6.45) is -2.14. The second kappa shape index (κ2) is 7.08. The van der Waals surface area contributed by atoms with Gasteiger partial charge in [0, 0.05) is 37.5 Å². The summed E-state index contributed by atoms with van der Waals surface area (Å²) in [6.45, 7) is 3.17. The van der Waals surface area contributed by atoms with Crippen LogP contribution in [0.5, 0.6) is 0 Å². The summed E-state index contributed by atoms with van der Waals surface area (Å²) in [5, 5.41) is 6.07. The predicted octanol–water partition coefficient (Wildman–Crippen LogP) is 3.66. The molecule has 0 amide bonds. The summed E-state index contributed by atoms with van der Waals surface area (Å²) in [6, 6.07) is 3.54. The Morgan fingerprint density at radius 3 is 2.67 bits per heavy atom. The van der Waals surface area contributed by atoms with Crippen LogP contribution in [0.2, 0.25) is 0 Å². The van der Waals surface area contributed by atoms with Gasteiger partial charge in [-0.2, -0.15) is 13.2 Å². The Bertz CT molecular complexity index is 353. The summed E-state index contributed by atoms with van der Waals surface area (Å²) in [7, 11) is 0. The third kappa shape index (κ3) is 6.32. The van der Waals surface area contributed by atoms with E-state index in [1.165, 1.54) is 0 Å². The van der Waals surface area contributed by atoms with Crippen LogP contribution >= 0.6 is 0 Å². The molecule has 1 heterocycles. The third-order valence-electron chi connectivity index (χ3n) is 2.28. The number of halogens is 3. The highest BCUT2D eigenvalue weighted by Crippen LogP contribution is 2.21. The zero-order chi connectivity index (χ0) is 13.4. The summed E-state index contributed by atoms with van der Waals surface area (Å²) in [4.78, 5) is 4.11. The van der Waals surface area contributed by atoms with Crippen molar-refractivity contribution in [2.45, 2.75) is 32.4 Å². The first-order chi connectivity index (χ1) is 8.51. The lowest BCUT2D eigenvalue weighted by atomic mass is 10.3. The molecule has 1 aromatic heterocycles. The minimum absolute atomic E-state index is 0.0730. The van der Waals surface area contributed by atoms with Crippen LogP contribution < -0.4 is 10.6 Å². The SMILES string of the molecule is CCCNc1cc(NCCCC(F)(F)F)ccn1. The Labute approximate surface area is 105 Å². The van der Waals surface area contributed by atoms with Gasteiger partial charge in [-0.3, -0.25) is 0 Å². The zero-order valence-corrected chi connectivity index (χ0v) is 10.3. The molecule has 0 aromatic carbocycles. The number of aromatic nitrogens is 1. The van der Waals surface area contributed by atoms with E-state index in [1.54, 1.807) is 18.3 Å². The quantitative estimate of drug-likeness (QED) is 0.735. The second-order valence-corrected chi connectivity index (χ2v) is 4.00. The van der Waals surface area contributed by atoms with Gasteiger partial charge in [0.25, 0.3) is 0 Å². The highest BCUT2D eigenvalue weighted by atomic mass is 19.4. The van der Waals surface area contributed by atoms with Crippen LogP contribution in [-0.4, -0.2) is 24.2 Å². The Morgan fingerprint density at radius 1 is 1.22 bits per heavy atom. The number of nitrogens with zero attached hydrogens (tertiary/aromatic N) is 1. The first-order valence-electron chi connectivity index (χ1n) is 6.02. The van der Waals surface area contributed by atoms with E-state index >= 15 is 0 Å². The van der Waals surface area contributed by atoms with Crippen LogP contribution in [0.1, 0.15) is 26.2 Å². The van der Waals surface area contributed by atoms with Crippen molar-refractivity contribution in [3.8, 4) is 0 Å². The van der Waals surface area contributed by atoms with E-state index in [-0.39, 0.29) is 6.42 Å². The second-order valence-electron chi connectivity index (χ2n) is 4.00. The Balaban J connectivity index is 2.33. The van der Waals surface area contributed by atoms with Crippen molar-refractivity contribution < 1.29 is 13.2 Å². The average molecular weight is 261 g/mol.